The van der Waals surface area contributed by atoms with Gasteiger partial charge in [-0.1, -0.05) is 6.42 Å². The Morgan fingerprint density at radius 2 is 1.68 bits per heavy atom. The summed E-state index contributed by atoms with van der Waals surface area (Å²) in [5, 5.41) is 8.42. The molecule has 0 radical (unpaired) electrons. The summed E-state index contributed by atoms with van der Waals surface area (Å²) < 4.78 is 0. The molecule has 0 aromatic carbocycles. The fourth-order valence-corrected chi connectivity index (χ4v) is 4.23. The van der Waals surface area contributed by atoms with Crippen molar-refractivity contribution in [2.75, 3.05) is 44.2 Å². The highest BCUT2D eigenvalue weighted by Crippen LogP contribution is 2.27. The van der Waals surface area contributed by atoms with E-state index < -0.39 is 0 Å². The van der Waals surface area contributed by atoms with Crippen LogP contribution in [0.1, 0.15) is 37.8 Å². The van der Waals surface area contributed by atoms with Crippen LogP contribution >= 0.6 is 0 Å². The predicted molar refractivity (Wildman–Crippen MR) is 97.5 cm³/mol. The van der Waals surface area contributed by atoms with E-state index in [1.807, 2.05) is 19.1 Å². The van der Waals surface area contributed by atoms with Gasteiger partial charge in [0, 0.05) is 51.2 Å². The van der Waals surface area contributed by atoms with Crippen molar-refractivity contribution in [2.45, 2.75) is 45.1 Å². The molecular formula is C19H29N5O. The molecule has 0 atom stereocenters. The van der Waals surface area contributed by atoms with Crippen LogP contribution in [0.4, 0.5) is 5.82 Å². The minimum atomic E-state index is 0.185. The molecule has 0 spiro atoms. The molecule has 1 aliphatic carbocycles. The zero-order chi connectivity index (χ0) is 17.2. The van der Waals surface area contributed by atoms with Crippen molar-refractivity contribution in [3.05, 3.63) is 17.8 Å². The van der Waals surface area contributed by atoms with E-state index in [-0.39, 0.29) is 5.92 Å². The second-order valence-electron chi connectivity index (χ2n) is 7.74. The first-order chi connectivity index (χ1) is 12.2. The summed E-state index contributed by atoms with van der Waals surface area (Å²) in [5.41, 5.74) is 0.940. The van der Waals surface area contributed by atoms with Crippen LogP contribution in [0.3, 0.4) is 0 Å². The molecule has 3 aliphatic rings. The van der Waals surface area contributed by atoms with Crippen LogP contribution in [0.2, 0.25) is 0 Å². The summed E-state index contributed by atoms with van der Waals surface area (Å²) in [7, 11) is 0. The number of carbonyl (C=O) groups is 1. The fourth-order valence-electron chi connectivity index (χ4n) is 4.23. The van der Waals surface area contributed by atoms with Gasteiger partial charge in [-0.3, -0.25) is 9.69 Å². The first-order valence-electron chi connectivity index (χ1n) is 9.79. The van der Waals surface area contributed by atoms with Gasteiger partial charge in [-0.2, -0.15) is 5.10 Å². The number of aromatic nitrogens is 2. The Morgan fingerprint density at radius 1 is 0.960 bits per heavy atom. The van der Waals surface area contributed by atoms with Crippen LogP contribution in [-0.4, -0.2) is 71.2 Å². The van der Waals surface area contributed by atoms with Gasteiger partial charge in [0.15, 0.2) is 5.82 Å². The Kier molecular flexibility index (Phi) is 4.88. The van der Waals surface area contributed by atoms with Crippen molar-refractivity contribution in [3.8, 4) is 0 Å². The number of aryl methyl sites for hydroxylation is 1. The number of piperazine rings is 1. The van der Waals surface area contributed by atoms with E-state index in [4.69, 9.17) is 0 Å². The number of hydrogen-bond acceptors (Lipinski definition) is 5. The first-order valence-corrected chi connectivity index (χ1v) is 9.79. The van der Waals surface area contributed by atoms with E-state index in [1.165, 1.54) is 19.3 Å². The fraction of sp³-hybridized carbons (Fsp3) is 0.737. The third kappa shape index (κ3) is 3.64. The lowest BCUT2D eigenvalue weighted by molar-refractivity contribution is -0.138. The van der Waals surface area contributed by atoms with Crippen LogP contribution in [0.15, 0.2) is 12.1 Å². The van der Waals surface area contributed by atoms with Gasteiger partial charge in [0.2, 0.25) is 5.91 Å². The molecule has 3 heterocycles. The average molecular weight is 343 g/mol. The molecule has 1 aromatic rings. The summed E-state index contributed by atoms with van der Waals surface area (Å²) in [5.74, 6) is 1.50. The molecule has 1 aromatic heterocycles. The Hall–Kier alpha value is -1.69. The smallest absolute Gasteiger partial charge is 0.225 e. The molecule has 6 heteroatoms. The molecule has 3 fully saturated rings. The standard InChI is InChI=1S/C19H29N5O/c1-15-5-6-18(21-20-15)23-9-7-16(8-10-23)19(25)24-13-11-22(12-14-24)17-3-2-4-17/h5-6,16-17H,2-4,7-14H2,1H3. The van der Waals surface area contributed by atoms with Gasteiger partial charge in [0.1, 0.15) is 0 Å². The largest absolute Gasteiger partial charge is 0.355 e. The lowest BCUT2D eigenvalue weighted by Crippen LogP contribution is -2.55. The number of anilines is 1. The molecule has 6 nitrogen and oxygen atoms in total. The maximum atomic E-state index is 12.9. The molecule has 4 rings (SSSR count). The van der Waals surface area contributed by atoms with Gasteiger partial charge in [0.25, 0.3) is 0 Å². The number of hydrogen-bond donors (Lipinski definition) is 0. The van der Waals surface area contributed by atoms with Gasteiger partial charge in [-0.25, -0.2) is 0 Å². The molecule has 0 bridgehead atoms. The van der Waals surface area contributed by atoms with Crippen molar-refractivity contribution in [1.29, 1.82) is 0 Å². The predicted octanol–water partition coefficient (Wildman–Crippen LogP) is 1.70. The van der Waals surface area contributed by atoms with E-state index in [1.54, 1.807) is 0 Å². The van der Waals surface area contributed by atoms with Gasteiger partial charge >= 0.3 is 0 Å². The highest BCUT2D eigenvalue weighted by molar-refractivity contribution is 5.79. The van der Waals surface area contributed by atoms with Crippen molar-refractivity contribution in [3.63, 3.8) is 0 Å². The van der Waals surface area contributed by atoms with Crippen LogP contribution in [-0.2, 0) is 4.79 Å². The average Bonchev–Trinajstić information content (AvgIpc) is 2.61. The number of carbonyl (C=O) groups excluding carboxylic acids is 1. The molecule has 0 N–H and O–H groups in total. The lowest BCUT2D eigenvalue weighted by atomic mass is 9.90. The quantitative estimate of drug-likeness (QED) is 0.836. The molecule has 25 heavy (non-hydrogen) atoms. The topological polar surface area (TPSA) is 52.6 Å². The summed E-state index contributed by atoms with van der Waals surface area (Å²) >= 11 is 0. The zero-order valence-corrected chi connectivity index (χ0v) is 15.2. The van der Waals surface area contributed by atoms with Crippen molar-refractivity contribution in [1.82, 2.24) is 20.0 Å². The van der Waals surface area contributed by atoms with Crippen LogP contribution in [0, 0.1) is 12.8 Å². The molecule has 2 saturated heterocycles. The number of rotatable bonds is 3. The second kappa shape index (κ2) is 7.28. The van der Waals surface area contributed by atoms with E-state index in [0.29, 0.717) is 5.91 Å². The van der Waals surface area contributed by atoms with E-state index in [0.717, 1.165) is 69.7 Å². The van der Waals surface area contributed by atoms with Crippen molar-refractivity contribution in [2.24, 2.45) is 5.92 Å². The van der Waals surface area contributed by atoms with Crippen LogP contribution in [0.25, 0.3) is 0 Å². The molecule has 0 unspecified atom stereocenters. The van der Waals surface area contributed by atoms with E-state index in [9.17, 15) is 4.79 Å². The minimum Gasteiger partial charge on any atom is -0.355 e. The monoisotopic (exact) mass is 343 g/mol. The highest BCUT2D eigenvalue weighted by atomic mass is 16.2. The van der Waals surface area contributed by atoms with Gasteiger partial charge in [-0.05, 0) is 44.7 Å². The lowest BCUT2D eigenvalue weighted by Gasteiger charge is -2.44. The van der Waals surface area contributed by atoms with Crippen molar-refractivity contribution < 1.29 is 4.79 Å². The number of piperidine rings is 1. The Bertz CT molecular complexity index is 584. The SMILES string of the molecule is Cc1ccc(N2CCC(C(=O)N3CCN(C4CCC4)CC3)CC2)nn1. The van der Waals surface area contributed by atoms with Crippen LogP contribution < -0.4 is 4.90 Å². The third-order valence-electron chi connectivity index (χ3n) is 6.17. The molecule has 2 aliphatic heterocycles. The third-order valence-corrected chi connectivity index (χ3v) is 6.17. The van der Waals surface area contributed by atoms with Crippen molar-refractivity contribution >= 4 is 11.7 Å². The Balaban J connectivity index is 1.26. The van der Waals surface area contributed by atoms with Gasteiger partial charge in [-0.15, -0.1) is 5.10 Å². The Morgan fingerprint density at radius 3 is 2.24 bits per heavy atom. The maximum absolute atomic E-state index is 12.9. The Labute approximate surface area is 150 Å². The molecular weight excluding hydrogens is 314 g/mol. The summed E-state index contributed by atoms with van der Waals surface area (Å²) in [6.07, 6.45) is 5.95. The molecule has 1 amide bonds. The zero-order valence-electron chi connectivity index (χ0n) is 15.2. The second-order valence-corrected chi connectivity index (χ2v) is 7.74. The highest BCUT2D eigenvalue weighted by Gasteiger charge is 2.33. The first kappa shape index (κ1) is 16.8. The maximum Gasteiger partial charge on any atom is 0.225 e. The summed E-state index contributed by atoms with van der Waals surface area (Å²) in [4.78, 5) is 19.8. The minimum absolute atomic E-state index is 0.185. The molecule has 1 saturated carbocycles. The summed E-state index contributed by atoms with van der Waals surface area (Å²) in [6, 6.07) is 4.84. The van der Waals surface area contributed by atoms with Gasteiger partial charge < -0.3 is 9.80 Å². The number of nitrogens with zero attached hydrogens (tertiary/aromatic N) is 5. The van der Waals surface area contributed by atoms with E-state index >= 15 is 0 Å². The summed E-state index contributed by atoms with van der Waals surface area (Å²) in [6.45, 7) is 7.71. The van der Waals surface area contributed by atoms with Gasteiger partial charge in [0.05, 0.1) is 5.69 Å². The number of amides is 1. The molecule has 136 valence electrons. The van der Waals surface area contributed by atoms with E-state index in [2.05, 4.69) is 24.9 Å². The normalized spacial score (nSPS) is 23.6. The van der Waals surface area contributed by atoms with Crippen LogP contribution in [0.5, 0.6) is 0 Å².